The number of amides is 1. The highest BCUT2D eigenvalue weighted by Crippen LogP contribution is 2.26. The molecule has 1 N–H and O–H groups in total. The predicted molar refractivity (Wildman–Crippen MR) is 102 cm³/mol. The van der Waals surface area contributed by atoms with E-state index in [0.717, 1.165) is 6.07 Å². The van der Waals surface area contributed by atoms with Gasteiger partial charge in [-0.3, -0.25) is 9.59 Å². The van der Waals surface area contributed by atoms with Gasteiger partial charge in [-0.1, -0.05) is 35.5 Å². The summed E-state index contributed by atoms with van der Waals surface area (Å²) in [5.41, 5.74) is 1.02. The van der Waals surface area contributed by atoms with Crippen LogP contribution in [0.15, 0.2) is 53.1 Å². The average molecular weight is 396 g/mol. The van der Waals surface area contributed by atoms with E-state index in [0.29, 0.717) is 11.3 Å². The van der Waals surface area contributed by atoms with Crippen LogP contribution in [0.3, 0.4) is 0 Å². The zero-order chi connectivity index (χ0) is 21.0. The van der Waals surface area contributed by atoms with E-state index < -0.39 is 24.2 Å². The Bertz CT molecular complexity index is 1080. The van der Waals surface area contributed by atoms with E-state index in [2.05, 4.69) is 10.5 Å². The lowest BCUT2D eigenvalue weighted by atomic mass is 10.1. The van der Waals surface area contributed by atoms with Gasteiger partial charge < -0.3 is 14.6 Å². The fourth-order valence-electron chi connectivity index (χ4n) is 2.71. The van der Waals surface area contributed by atoms with Crippen LogP contribution in [0.1, 0.15) is 33.4 Å². The second-order valence-electron chi connectivity index (χ2n) is 6.20. The van der Waals surface area contributed by atoms with Gasteiger partial charge >= 0.3 is 5.97 Å². The number of aromatic nitrogens is 1. The maximum absolute atomic E-state index is 14.2. The molecular formula is C21H17FN2O5. The number of carbonyl (C=O) groups is 3. The van der Waals surface area contributed by atoms with Gasteiger partial charge in [0.2, 0.25) is 11.7 Å². The normalized spacial score (nSPS) is 10.4. The second-order valence-corrected chi connectivity index (χ2v) is 6.20. The molecule has 0 saturated heterocycles. The topological polar surface area (TPSA) is 98.5 Å². The number of benzene rings is 2. The minimum Gasteiger partial charge on any atom is -0.454 e. The first-order valence-corrected chi connectivity index (χ1v) is 8.66. The van der Waals surface area contributed by atoms with Crippen molar-refractivity contribution in [3.05, 3.63) is 71.2 Å². The highest BCUT2D eigenvalue weighted by molar-refractivity contribution is 6.02. The van der Waals surface area contributed by atoms with Crippen LogP contribution in [0.2, 0.25) is 0 Å². The second kappa shape index (κ2) is 8.47. The van der Waals surface area contributed by atoms with Gasteiger partial charge in [0.05, 0.1) is 5.56 Å². The quantitative estimate of drug-likeness (QED) is 0.503. The number of hydrogen-bond acceptors (Lipinski definition) is 6. The van der Waals surface area contributed by atoms with Gasteiger partial charge in [0.15, 0.2) is 6.61 Å². The maximum Gasteiger partial charge on any atom is 0.344 e. The maximum atomic E-state index is 14.2. The van der Waals surface area contributed by atoms with Crippen LogP contribution in [-0.2, 0) is 9.53 Å². The lowest BCUT2D eigenvalue weighted by molar-refractivity contribution is -0.114. The number of Topliss-reactive ketones (excluding diaryl/α,β-unsaturated/α-hetero) is 1. The first-order chi connectivity index (χ1) is 13.9. The Hall–Kier alpha value is -3.81. The van der Waals surface area contributed by atoms with E-state index in [1.54, 1.807) is 31.2 Å². The van der Waals surface area contributed by atoms with Crippen molar-refractivity contribution in [3.63, 3.8) is 0 Å². The van der Waals surface area contributed by atoms with Crippen molar-refractivity contribution in [2.45, 2.75) is 13.8 Å². The van der Waals surface area contributed by atoms with Gasteiger partial charge in [-0.05, 0) is 25.1 Å². The molecule has 0 spiro atoms. The number of hydrogen-bond donors (Lipinski definition) is 1. The first kappa shape index (κ1) is 19.9. The molecule has 0 atom stereocenters. The molecule has 0 aliphatic carbocycles. The average Bonchev–Trinajstić information content (AvgIpc) is 3.07. The van der Waals surface area contributed by atoms with Gasteiger partial charge in [-0.25, -0.2) is 9.18 Å². The highest BCUT2D eigenvalue weighted by Gasteiger charge is 2.24. The molecule has 3 rings (SSSR count). The van der Waals surface area contributed by atoms with E-state index >= 15 is 0 Å². The number of aryl methyl sites for hydroxylation is 1. The summed E-state index contributed by atoms with van der Waals surface area (Å²) in [5.74, 6) is -2.47. The summed E-state index contributed by atoms with van der Waals surface area (Å²) in [5, 5.41) is 6.30. The molecule has 7 nitrogen and oxygen atoms in total. The van der Waals surface area contributed by atoms with Gasteiger partial charge in [0.25, 0.3) is 0 Å². The summed E-state index contributed by atoms with van der Waals surface area (Å²) in [6.45, 7) is 2.18. The number of ether oxygens (including phenoxy) is 1. The third kappa shape index (κ3) is 4.55. The van der Waals surface area contributed by atoms with Gasteiger partial charge in [0.1, 0.15) is 22.8 Å². The number of esters is 1. The number of anilines is 1. The Morgan fingerprint density at radius 2 is 1.86 bits per heavy atom. The Kier molecular flexibility index (Phi) is 5.82. The van der Waals surface area contributed by atoms with Crippen LogP contribution in [0, 0.1) is 12.7 Å². The van der Waals surface area contributed by atoms with E-state index in [1.807, 2.05) is 6.07 Å². The highest BCUT2D eigenvalue weighted by atomic mass is 19.1. The first-order valence-electron chi connectivity index (χ1n) is 8.66. The molecule has 1 heterocycles. The van der Waals surface area contributed by atoms with Crippen LogP contribution < -0.4 is 5.32 Å². The van der Waals surface area contributed by atoms with E-state index in [-0.39, 0.29) is 28.5 Å². The largest absolute Gasteiger partial charge is 0.454 e. The Morgan fingerprint density at radius 1 is 1.14 bits per heavy atom. The van der Waals surface area contributed by atoms with Crippen molar-refractivity contribution >= 4 is 23.3 Å². The molecule has 1 amide bonds. The lowest BCUT2D eigenvalue weighted by Gasteiger charge is -2.07. The van der Waals surface area contributed by atoms with Crippen molar-refractivity contribution in [2.24, 2.45) is 0 Å². The van der Waals surface area contributed by atoms with Crippen LogP contribution in [0.25, 0.3) is 11.3 Å². The number of nitrogens with zero attached hydrogens (tertiary/aromatic N) is 1. The van der Waals surface area contributed by atoms with Crippen molar-refractivity contribution in [1.29, 1.82) is 0 Å². The van der Waals surface area contributed by atoms with Crippen molar-refractivity contribution in [1.82, 2.24) is 5.16 Å². The fourth-order valence-corrected chi connectivity index (χ4v) is 2.71. The van der Waals surface area contributed by atoms with E-state index in [1.165, 1.54) is 19.1 Å². The van der Waals surface area contributed by atoms with Crippen molar-refractivity contribution < 1.29 is 28.0 Å². The van der Waals surface area contributed by atoms with E-state index in [9.17, 15) is 18.8 Å². The molecule has 2 aromatic carbocycles. The summed E-state index contributed by atoms with van der Waals surface area (Å²) in [6, 6.07) is 12.5. The summed E-state index contributed by atoms with van der Waals surface area (Å²) >= 11 is 0. The minimum atomic E-state index is -0.830. The molecule has 8 heteroatoms. The number of halogens is 1. The number of rotatable bonds is 6. The van der Waals surface area contributed by atoms with Crippen molar-refractivity contribution in [3.8, 4) is 11.3 Å². The van der Waals surface area contributed by atoms with Gasteiger partial charge in [-0.15, -0.1) is 0 Å². The molecule has 0 saturated carbocycles. The van der Waals surface area contributed by atoms with Gasteiger partial charge in [0, 0.05) is 18.2 Å². The number of carbonyl (C=O) groups excluding carboxylic acids is 3. The van der Waals surface area contributed by atoms with Crippen molar-refractivity contribution in [2.75, 3.05) is 11.9 Å². The van der Waals surface area contributed by atoms with Crippen LogP contribution >= 0.6 is 0 Å². The third-order valence-electron chi connectivity index (χ3n) is 4.04. The summed E-state index contributed by atoms with van der Waals surface area (Å²) in [6.07, 6.45) is 0. The molecular weight excluding hydrogens is 379 g/mol. The standard InChI is InChI=1S/C21H17FN2O5/c1-12-19(20(24-29-12)14-6-4-3-5-7-14)21(27)28-11-18(26)16-9-8-15(10-17(16)22)23-13(2)25/h3-10H,11H2,1-2H3,(H,23,25). The summed E-state index contributed by atoms with van der Waals surface area (Å²) in [7, 11) is 0. The van der Waals surface area contributed by atoms with Gasteiger partial charge in [-0.2, -0.15) is 0 Å². The SMILES string of the molecule is CC(=O)Nc1ccc(C(=O)COC(=O)c2c(-c3ccccc3)noc2C)c(F)c1. The minimum absolute atomic E-state index is 0.102. The van der Waals surface area contributed by atoms with Crippen LogP contribution in [0.4, 0.5) is 10.1 Å². The zero-order valence-corrected chi connectivity index (χ0v) is 15.7. The van der Waals surface area contributed by atoms with E-state index in [4.69, 9.17) is 9.26 Å². The smallest absolute Gasteiger partial charge is 0.344 e. The molecule has 0 unspecified atom stereocenters. The molecule has 0 aliphatic heterocycles. The molecule has 0 bridgehead atoms. The molecule has 0 radical (unpaired) electrons. The monoisotopic (exact) mass is 396 g/mol. The molecule has 0 fully saturated rings. The molecule has 148 valence electrons. The number of nitrogens with one attached hydrogen (secondary N) is 1. The Balaban J connectivity index is 1.73. The number of ketones is 1. The fraction of sp³-hybridized carbons (Fsp3) is 0.143. The summed E-state index contributed by atoms with van der Waals surface area (Å²) in [4.78, 5) is 35.8. The predicted octanol–water partition coefficient (Wildman–Crippen LogP) is 3.79. The Morgan fingerprint density at radius 3 is 2.52 bits per heavy atom. The molecule has 0 aliphatic rings. The zero-order valence-electron chi connectivity index (χ0n) is 15.7. The molecule has 29 heavy (non-hydrogen) atoms. The van der Waals surface area contributed by atoms with Crippen LogP contribution in [0.5, 0.6) is 0 Å². The summed E-state index contributed by atoms with van der Waals surface area (Å²) < 4.78 is 24.3. The van der Waals surface area contributed by atoms with Crippen LogP contribution in [-0.4, -0.2) is 29.4 Å². The molecule has 1 aromatic heterocycles. The lowest BCUT2D eigenvalue weighted by Crippen LogP contribution is -2.16. The third-order valence-corrected chi connectivity index (χ3v) is 4.04. The molecule has 3 aromatic rings. The Labute approximate surface area is 165 Å².